The van der Waals surface area contributed by atoms with Crippen molar-refractivity contribution in [3.8, 4) is 5.69 Å². The minimum Gasteiger partial charge on any atom is -0.346 e. The fourth-order valence-electron chi connectivity index (χ4n) is 2.67. The van der Waals surface area contributed by atoms with Gasteiger partial charge in [0, 0.05) is 6.20 Å². The highest BCUT2D eigenvalue weighted by molar-refractivity contribution is 6.32. The minimum atomic E-state index is -0.173. The smallest absolute Gasteiger partial charge is 0.255 e. The van der Waals surface area contributed by atoms with Crippen LogP contribution in [0.1, 0.15) is 41.5 Å². The Balaban J connectivity index is 1.89. The topological polar surface area (TPSA) is 59.8 Å². The predicted molar refractivity (Wildman–Crippen MR) is 98.1 cm³/mol. The number of rotatable bonds is 5. The summed E-state index contributed by atoms with van der Waals surface area (Å²) in [4.78, 5) is 16.9. The highest BCUT2D eigenvalue weighted by atomic mass is 35.5. The number of aromatic nitrogens is 3. The van der Waals surface area contributed by atoms with Gasteiger partial charge in [-0.25, -0.2) is 4.68 Å². The van der Waals surface area contributed by atoms with Crippen LogP contribution >= 0.6 is 11.6 Å². The number of amides is 1. The van der Waals surface area contributed by atoms with Crippen LogP contribution in [0.15, 0.2) is 54.9 Å². The van der Waals surface area contributed by atoms with Gasteiger partial charge in [0.15, 0.2) is 0 Å². The molecule has 0 bridgehead atoms. The molecule has 0 spiro atoms. The first-order valence-electron chi connectivity index (χ1n) is 8.09. The molecular formula is C19H19ClN4O. The number of hydrogen-bond acceptors (Lipinski definition) is 3. The summed E-state index contributed by atoms with van der Waals surface area (Å²) in [5.74, 6) is -0.0676. The molecule has 0 atom stereocenters. The molecule has 1 aromatic carbocycles. The lowest BCUT2D eigenvalue weighted by Crippen LogP contribution is -2.24. The monoisotopic (exact) mass is 354 g/mol. The maximum absolute atomic E-state index is 12.6. The van der Waals surface area contributed by atoms with E-state index in [1.165, 1.54) is 0 Å². The molecule has 0 aliphatic heterocycles. The van der Waals surface area contributed by atoms with Crippen LogP contribution in [0.5, 0.6) is 0 Å². The Hall–Kier alpha value is -2.66. The number of benzene rings is 1. The number of halogens is 1. The minimum absolute atomic E-state index is 0.106. The van der Waals surface area contributed by atoms with E-state index in [1.54, 1.807) is 17.1 Å². The summed E-state index contributed by atoms with van der Waals surface area (Å²) in [6.07, 6.45) is 3.29. The molecule has 0 radical (unpaired) electrons. The van der Waals surface area contributed by atoms with Crippen LogP contribution in [-0.4, -0.2) is 20.7 Å². The maximum Gasteiger partial charge on any atom is 0.255 e. The average molecular weight is 355 g/mol. The second kappa shape index (κ2) is 7.49. The van der Waals surface area contributed by atoms with Crippen molar-refractivity contribution in [3.63, 3.8) is 0 Å². The number of nitrogens with zero attached hydrogens (tertiary/aromatic N) is 3. The third-order valence-electron chi connectivity index (χ3n) is 3.83. The lowest BCUT2D eigenvalue weighted by Gasteiger charge is -2.14. The predicted octanol–water partition coefficient (Wildman–Crippen LogP) is 3.97. The van der Waals surface area contributed by atoms with E-state index in [4.69, 9.17) is 11.6 Å². The SMILES string of the molecule is CC(C)c1c(C(=O)NCc2ccccn2)cnn1-c1ccccc1Cl. The lowest BCUT2D eigenvalue weighted by molar-refractivity contribution is 0.0949. The quantitative estimate of drug-likeness (QED) is 0.754. The summed E-state index contributed by atoms with van der Waals surface area (Å²) in [5, 5.41) is 7.89. The van der Waals surface area contributed by atoms with Gasteiger partial charge in [0.2, 0.25) is 0 Å². The molecule has 5 nitrogen and oxygen atoms in total. The fraction of sp³-hybridized carbons (Fsp3) is 0.211. The highest BCUT2D eigenvalue weighted by Crippen LogP contribution is 2.27. The van der Waals surface area contributed by atoms with Crippen LogP contribution in [0.4, 0.5) is 0 Å². The Morgan fingerprint density at radius 3 is 2.64 bits per heavy atom. The van der Waals surface area contributed by atoms with Crippen LogP contribution in [0.3, 0.4) is 0 Å². The fourth-order valence-corrected chi connectivity index (χ4v) is 2.89. The number of carbonyl (C=O) groups is 1. The van der Waals surface area contributed by atoms with E-state index in [2.05, 4.69) is 15.4 Å². The van der Waals surface area contributed by atoms with Gasteiger partial charge in [0.1, 0.15) is 0 Å². The first-order valence-corrected chi connectivity index (χ1v) is 8.46. The zero-order chi connectivity index (χ0) is 17.8. The van der Waals surface area contributed by atoms with Crippen molar-refractivity contribution < 1.29 is 4.79 Å². The van der Waals surface area contributed by atoms with Gasteiger partial charge in [0.05, 0.1) is 40.4 Å². The van der Waals surface area contributed by atoms with Crippen LogP contribution in [0.25, 0.3) is 5.69 Å². The van der Waals surface area contributed by atoms with Gasteiger partial charge < -0.3 is 5.32 Å². The molecule has 0 aliphatic carbocycles. The molecule has 3 aromatic rings. The van der Waals surface area contributed by atoms with Crippen LogP contribution in [0, 0.1) is 0 Å². The summed E-state index contributed by atoms with van der Waals surface area (Å²) >= 11 is 6.30. The summed E-state index contributed by atoms with van der Waals surface area (Å²) < 4.78 is 1.74. The van der Waals surface area contributed by atoms with E-state index in [-0.39, 0.29) is 11.8 Å². The first-order chi connectivity index (χ1) is 12.1. The number of carbonyl (C=O) groups excluding carboxylic acids is 1. The largest absolute Gasteiger partial charge is 0.346 e. The third kappa shape index (κ3) is 3.72. The molecule has 0 saturated carbocycles. The number of para-hydroxylation sites is 1. The molecule has 1 N–H and O–H groups in total. The average Bonchev–Trinajstić information content (AvgIpc) is 3.06. The molecule has 128 valence electrons. The van der Waals surface area contributed by atoms with Crippen molar-refractivity contribution in [2.75, 3.05) is 0 Å². The summed E-state index contributed by atoms with van der Waals surface area (Å²) in [6, 6.07) is 13.1. The summed E-state index contributed by atoms with van der Waals surface area (Å²) in [5.41, 5.74) is 2.94. The van der Waals surface area contributed by atoms with Crippen molar-refractivity contribution in [3.05, 3.63) is 76.8 Å². The Morgan fingerprint density at radius 2 is 1.96 bits per heavy atom. The molecule has 0 saturated heterocycles. The first kappa shape index (κ1) is 17.2. The standard InChI is InChI=1S/C19H19ClN4O/c1-13(2)18-15(19(25)22-11-14-7-5-6-10-21-14)12-23-24(18)17-9-4-3-8-16(17)20/h3-10,12-13H,11H2,1-2H3,(H,22,25). The van der Waals surface area contributed by atoms with E-state index < -0.39 is 0 Å². The van der Waals surface area contributed by atoms with Crippen molar-refractivity contribution in [1.82, 2.24) is 20.1 Å². The molecule has 0 fully saturated rings. The zero-order valence-corrected chi connectivity index (χ0v) is 14.9. The Bertz CT molecular complexity index is 874. The highest BCUT2D eigenvalue weighted by Gasteiger charge is 2.21. The molecule has 0 aliphatic rings. The van der Waals surface area contributed by atoms with Crippen LogP contribution in [0.2, 0.25) is 5.02 Å². The van der Waals surface area contributed by atoms with Crippen LogP contribution in [-0.2, 0) is 6.54 Å². The Morgan fingerprint density at radius 1 is 1.20 bits per heavy atom. The number of pyridine rings is 1. The Labute approximate surface area is 151 Å². The maximum atomic E-state index is 12.6. The molecule has 0 unspecified atom stereocenters. The van der Waals surface area contributed by atoms with Crippen molar-refractivity contribution >= 4 is 17.5 Å². The Kier molecular flexibility index (Phi) is 5.14. The number of nitrogens with one attached hydrogen (secondary N) is 1. The summed E-state index contributed by atoms with van der Waals surface area (Å²) in [6.45, 7) is 4.42. The van der Waals surface area contributed by atoms with Gasteiger partial charge in [-0.05, 0) is 30.2 Å². The van der Waals surface area contributed by atoms with Gasteiger partial charge in [-0.1, -0.05) is 43.6 Å². The van der Waals surface area contributed by atoms with Crippen molar-refractivity contribution in [2.45, 2.75) is 26.3 Å². The molecule has 2 aromatic heterocycles. The van der Waals surface area contributed by atoms with E-state index in [0.717, 1.165) is 17.1 Å². The van der Waals surface area contributed by atoms with Crippen molar-refractivity contribution in [2.24, 2.45) is 0 Å². The second-order valence-electron chi connectivity index (χ2n) is 5.97. The van der Waals surface area contributed by atoms with E-state index in [1.807, 2.05) is 56.3 Å². The molecule has 6 heteroatoms. The lowest BCUT2D eigenvalue weighted by atomic mass is 10.0. The molecule has 3 rings (SSSR count). The normalized spacial score (nSPS) is 10.9. The van der Waals surface area contributed by atoms with Gasteiger partial charge in [-0.2, -0.15) is 5.10 Å². The molecule has 2 heterocycles. The number of hydrogen-bond donors (Lipinski definition) is 1. The molecule has 1 amide bonds. The van der Waals surface area contributed by atoms with E-state index in [9.17, 15) is 4.79 Å². The van der Waals surface area contributed by atoms with Gasteiger partial charge in [0.25, 0.3) is 5.91 Å². The third-order valence-corrected chi connectivity index (χ3v) is 4.15. The summed E-state index contributed by atoms with van der Waals surface area (Å²) in [7, 11) is 0. The molecular weight excluding hydrogens is 336 g/mol. The van der Waals surface area contributed by atoms with Crippen LogP contribution < -0.4 is 5.32 Å². The van der Waals surface area contributed by atoms with Crippen molar-refractivity contribution in [1.29, 1.82) is 0 Å². The second-order valence-corrected chi connectivity index (χ2v) is 6.37. The van der Waals surface area contributed by atoms with Gasteiger partial charge >= 0.3 is 0 Å². The van der Waals surface area contributed by atoms with Gasteiger partial charge in [-0.15, -0.1) is 0 Å². The van der Waals surface area contributed by atoms with E-state index >= 15 is 0 Å². The molecule has 25 heavy (non-hydrogen) atoms. The van der Waals surface area contributed by atoms with E-state index in [0.29, 0.717) is 17.1 Å². The zero-order valence-electron chi connectivity index (χ0n) is 14.1. The van der Waals surface area contributed by atoms with Gasteiger partial charge in [-0.3, -0.25) is 9.78 Å².